The van der Waals surface area contributed by atoms with Gasteiger partial charge in [-0.3, -0.25) is 9.59 Å². The van der Waals surface area contributed by atoms with Gasteiger partial charge in [-0.15, -0.1) is 0 Å². The monoisotopic (exact) mass is 363 g/mol. The average Bonchev–Trinajstić information content (AvgIpc) is 3.29. The highest BCUT2D eigenvalue weighted by atomic mass is 16.2. The summed E-state index contributed by atoms with van der Waals surface area (Å²) in [4.78, 5) is 31.5. The van der Waals surface area contributed by atoms with Crippen LogP contribution in [0.25, 0.3) is 0 Å². The van der Waals surface area contributed by atoms with Gasteiger partial charge in [-0.05, 0) is 47.9 Å². The molecule has 0 radical (unpaired) electrons. The molecule has 1 aliphatic heterocycles. The third-order valence-electron chi connectivity index (χ3n) is 5.68. The number of pyridine rings is 1. The molecular formula is C22H25N3O2. The lowest BCUT2D eigenvalue weighted by Gasteiger charge is -2.19. The van der Waals surface area contributed by atoms with Gasteiger partial charge < -0.3 is 10.2 Å². The van der Waals surface area contributed by atoms with Crippen molar-refractivity contribution in [1.82, 2.24) is 15.2 Å². The van der Waals surface area contributed by atoms with E-state index in [-0.39, 0.29) is 23.3 Å². The maximum atomic E-state index is 12.8. The van der Waals surface area contributed by atoms with E-state index >= 15 is 0 Å². The molecular weight excluding hydrogens is 338 g/mol. The number of rotatable bonds is 3. The molecule has 27 heavy (non-hydrogen) atoms. The fraction of sp³-hybridized carbons (Fsp3) is 0.409. The molecule has 0 saturated carbocycles. The molecule has 5 heteroatoms. The molecule has 1 saturated heterocycles. The smallest absolute Gasteiger partial charge is 0.272 e. The Kier molecular flexibility index (Phi) is 4.46. The molecule has 1 aromatic heterocycles. The van der Waals surface area contributed by atoms with Crippen molar-refractivity contribution < 1.29 is 9.59 Å². The Balaban J connectivity index is 1.53. The van der Waals surface area contributed by atoms with Crippen LogP contribution in [-0.4, -0.2) is 34.8 Å². The number of nitrogens with one attached hydrogen (secondary N) is 1. The normalized spacial score (nSPS) is 20.4. The summed E-state index contributed by atoms with van der Waals surface area (Å²) in [7, 11) is 0. The number of hydrogen-bond acceptors (Lipinski definition) is 3. The molecule has 2 amide bonds. The Morgan fingerprint density at radius 3 is 2.52 bits per heavy atom. The van der Waals surface area contributed by atoms with Crippen molar-refractivity contribution in [3.05, 3.63) is 65.0 Å². The van der Waals surface area contributed by atoms with E-state index < -0.39 is 0 Å². The molecule has 2 aliphatic rings. The van der Waals surface area contributed by atoms with Crippen LogP contribution in [0, 0.1) is 0 Å². The first-order chi connectivity index (χ1) is 13.0. The van der Waals surface area contributed by atoms with E-state index in [4.69, 9.17) is 0 Å². The molecule has 2 heterocycles. The van der Waals surface area contributed by atoms with Crippen LogP contribution in [0.15, 0.2) is 42.5 Å². The summed E-state index contributed by atoms with van der Waals surface area (Å²) in [5, 5.41) is 3.12. The first-order valence-corrected chi connectivity index (χ1v) is 9.62. The molecule has 1 aromatic carbocycles. The molecule has 2 aromatic rings. The molecule has 1 unspecified atom stereocenters. The molecule has 4 rings (SSSR count). The highest BCUT2D eigenvalue weighted by Crippen LogP contribution is 2.44. The number of aromatic nitrogens is 1. The van der Waals surface area contributed by atoms with Crippen molar-refractivity contribution in [2.24, 2.45) is 0 Å². The lowest BCUT2D eigenvalue weighted by molar-refractivity contribution is 0.0787. The number of likely N-dealkylation sites (tertiary alicyclic amines) is 1. The van der Waals surface area contributed by atoms with Crippen LogP contribution in [0.5, 0.6) is 0 Å². The van der Waals surface area contributed by atoms with E-state index in [1.807, 2.05) is 12.1 Å². The van der Waals surface area contributed by atoms with Gasteiger partial charge in [0, 0.05) is 13.1 Å². The Hall–Kier alpha value is -2.69. The fourth-order valence-electron chi connectivity index (χ4n) is 4.27. The van der Waals surface area contributed by atoms with E-state index in [2.05, 4.69) is 36.3 Å². The Bertz CT molecular complexity index is 885. The number of amides is 2. The van der Waals surface area contributed by atoms with Gasteiger partial charge in [0.15, 0.2) is 0 Å². The second kappa shape index (κ2) is 6.80. The van der Waals surface area contributed by atoms with Crippen LogP contribution >= 0.6 is 0 Å². The van der Waals surface area contributed by atoms with Crippen molar-refractivity contribution in [2.75, 3.05) is 13.1 Å². The molecule has 1 atom stereocenters. The van der Waals surface area contributed by atoms with Crippen molar-refractivity contribution >= 4 is 11.8 Å². The summed E-state index contributed by atoms with van der Waals surface area (Å²) in [6.45, 7) is 5.94. The van der Waals surface area contributed by atoms with Gasteiger partial charge in [0.2, 0.25) is 0 Å². The van der Waals surface area contributed by atoms with Crippen LogP contribution in [0.2, 0.25) is 0 Å². The molecule has 5 nitrogen and oxygen atoms in total. The minimum atomic E-state index is -0.233. The molecule has 140 valence electrons. The predicted molar refractivity (Wildman–Crippen MR) is 104 cm³/mol. The topological polar surface area (TPSA) is 62.3 Å². The molecule has 0 spiro atoms. The number of nitrogens with zero attached hydrogens (tertiary/aromatic N) is 2. The SMILES string of the molecule is CC1(C)CC(NC(=O)c2cccc(C(=O)N3CCCC3)n2)c2ccccc21. The van der Waals surface area contributed by atoms with Crippen molar-refractivity contribution in [3.8, 4) is 0 Å². The van der Waals surface area contributed by atoms with Crippen LogP contribution in [0.1, 0.15) is 71.3 Å². The van der Waals surface area contributed by atoms with Crippen molar-refractivity contribution in [3.63, 3.8) is 0 Å². The van der Waals surface area contributed by atoms with Crippen LogP contribution in [0.3, 0.4) is 0 Å². The number of benzene rings is 1. The number of carbonyl (C=O) groups excluding carboxylic acids is 2. The van der Waals surface area contributed by atoms with Crippen molar-refractivity contribution in [1.29, 1.82) is 0 Å². The summed E-state index contributed by atoms with van der Waals surface area (Å²) in [5.41, 5.74) is 3.11. The third-order valence-corrected chi connectivity index (χ3v) is 5.68. The first kappa shape index (κ1) is 17.7. The second-order valence-electron chi connectivity index (χ2n) is 8.11. The van der Waals surface area contributed by atoms with Crippen LogP contribution < -0.4 is 5.32 Å². The van der Waals surface area contributed by atoms with E-state index in [1.165, 1.54) is 11.1 Å². The highest BCUT2D eigenvalue weighted by Gasteiger charge is 2.37. The Morgan fingerprint density at radius 1 is 1.04 bits per heavy atom. The second-order valence-corrected chi connectivity index (χ2v) is 8.11. The van der Waals surface area contributed by atoms with Gasteiger partial charge in [-0.2, -0.15) is 0 Å². The highest BCUT2D eigenvalue weighted by molar-refractivity contribution is 5.96. The Labute approximate surface area is 159 Å². The lowest BCUT2D eigenvalue weighted by atomic mass is 9.86. The fourth-order valence-corrected chi connectivity index (χ4v) is 4.27. The number of carbonyl (C=O) groups is 2. The number of fused-ring (bicyclic) bond motifs is 1. The van der Waals surface area contributed by atoms with Gasteiger partial charge in [0.1, 0.15) is 11.4 Å². The zero-order chi connectivity index (χ0) is 19.0. The van der Waals surface area contributed by atoms with Gasteiger partial charge in [-0.1, -0.05) is 44.2 Å². The van der Waals surface area contributed by atoms with Crippen LogP contribution in [0.4, 0.5) is 0 Å². The van der Waals surface area contributed by atoms with Gasteiger partial charge >= 0.3 is 0 Å². The van der Waals surface area contributed by atoms with Gasteiger partial charge in [0.25, 0.3) is 11.8 Å². The quantitative estimate of drug-likeness (QED) is 0.908. The minimum Gasteiger partial charge on any atom is -0.344 e. The summed E-state index contributed by atoms with van der Waals surface area (Å²) in [6.07, 6.45) is 2.91. The summed E-state index contributed by atoms with van der Waals surface area (Å²) >= 11 is 0. The zero-order valence-electron chi connectivity index (χ0n) is 15.9. The Morgan fingerprint density at radius 2 is 1.74 bits per heavy atom. The maximum absolute atomic E-state index is 12.8. The van der Waals surface area contributed by atoms with Crippen molar-refractivity contribution in [2.45, 2.75) is 44.6 Å². The zero-order valence-corrected chi connectivity index (χ0v) is 15.9. The third kappa shape index (κ3) is 3.34. The van der Waals surface area contributed by atoms with E-state index in [1.54, 1.807) is 23.1 Å². The maximum Gasteiger partial charge on any atom is 0.272 e. The lowest BCUT2D eigenvalue weighted by Crippen LogP contribution is -2.31. The molecule has 0 bridgehead atoms. The van der Waals surface area contributed by atoms with E-state index in [0.29, 0.717) is 11.4 Å². The summed E-state index contributed by atoms with van der Waals surface area (Å²) in [6, 6.07) is 13.3. The van der Waals surface area contributed by atoms with Gasteiger partial charge in [-0.25, -0.2) is 4.98 Å². The standard InChI is InChI=1S/C22H25N3O2/c1-22(2)14-19(15-8-3-4-9-16(15)22)24-20(26)17-10-7-11-18(23-17)21(27)25-12-5-6-13-25/h3-4,7-11,19H,5-6,12-14H2,1-2H3,(H,24,26). The summed E-state index contributed by atoms with van der Waals surface area (Å²) in [5.74, 6) is -0.321. The molecule has 1 fully saturated rings. The summed E-state index contributed by atoms with van der Waals surface area (Å²) < 4.78 is 0. The van der Waals surface area contributed by atoms with Gasteiger partial charge in [0.05, 0.1) is 6.04 Å². The predicted octanol–water partition coefficient (Wildman–Crippen LogP) is 3.47. The number of hydrogen-bond donors (Lipinski definition) is 1. The average molecular weight is 363 g/mol. The first-order valence-electron chi connectivity index (χ1n) is 9.62. The minimum absolute atomic E-state index is 0.0233. The van der Waals surface area contributed by atoms with Crippen LogP contribution in [-0.2, 0) is 5.41 Å². The van der Waals surface area contributed by atoms with E-state index in [9.17, 15) is 9.59 Å². The van der Waals surface area contributed by atoms with E-state index in [0.717, 1.165) is 32.4 Å². The molecule has 1 N–H and O–H groups in total. The largest absolute Gasteiger partial charge is 0.344 e. The molecule has 1 aliphatic carbocycles.